The normalized spacial score (nSPS) is 14.4. The van der Waals surface area contributed by atoms with Crippen molar-refractivity contribution in [1.82, 2.24) is 8.75 Å². The first-order chi connectivity index (χ1) is 15.9. The summed E-state index contributed by atoms with van der Waals surface area (Å²) in [5.74, 6) is -1.76. The Morgan fingerprint density at radius 2 is 1.76 bits per heavy atom. The van der Waals surface area contributed by atoms with Crippen LogP contribution in [-0.4, -0.2) is 39.8 Å². The van der Waals surface area contributed by atoms with E-state index in [4.69, 9.17) is 9.47 Å². The number of nitrogens with zero attached hydrogens (tertiary/aromatic N) is 2. The van der Waals surface area contributed by atoms with Crippen molar-refractivity contribution in [3.63, 3.8) is 0 Å². The molecule has 1 N–H and O–H groups in total. The van der Waals surface area contributed by atoms with Crippen LogP contribution in [0.3, 0.4) is 0 Å². The fourth-order valence-electron chi connectivity index (χ4n) is 4.41. The van der Waals surface area contributed by atoms with Crippen molar-refractivity contribution in [2.24, 2.45) is 5.92 Å². The zero-order chi connectivity index (χ0) is 23.5. The molecule has 0 unspecified atom stereocenters. The zero-order valence-corrected chi connectivity index (χ0v) is 22.1. The summed E-state index contributed by atoms with van der Waals surface area (Å²) in [7, 11) is 2.77. The first-order valence-corrected chi connectivity index (χ1v) is 11.3. The van der Waals surface area contributed by atoms with Crippen molar-refractivity contribution in [1.29, 1.82) is 0 Å². The number of carbonyl (C=O) groups is 2. The Bertz CT molecular complexity index is 1250. The van der Waals surface area contributed by atoms with Crippen molar-refractivity contribution >= 4 is 40.1 Å². The Morgan fingerprint density at radius 1 is 1.06 bits per heavy atom. The summed E-state index contributed by atoms with van der Waals surface area (Å²) in [5, 5.41) is 22.7. The largest absolute Gasteiger partial charge is 1.00 e. The molecule has 2 aromatic carbocycles. The van der Waals surface area contributed by atoms with Gasteiger partial charge in [-0.25, -0.2) is 0 Å². The number of allylic oxidation sites excluding steroid dienone is 1. The number of ether oxygens (including phenoxy) is 2. The quantitative estimate of drug-likeness (QED) is 0.273. The molecule has 0 aliphatic heterocycles. The van der Waals surface area contributed by atoms with Gasteiger partial charge in [-0.15, -0.1) is 0 Å². The molecule has 1 heterocycles. The first-order valence-electron chi connectivity index (χ1n) is 10.6. The summed E-state index contributed by atoms with van der Waals surface area (Å²) in [4.78, 5) is 26.1. The van der Waals surface area contributed by atoms with Gasteiger partial charge in [0.1, 0.15) is 11.0 Å². The van der Waals surface area contributed by atoms with Crippen LogP contribution in [0, 0.1) is 5.92 Å². The molecule has 10 heteroatoms. The van der Waals surface area contributed by atoms with E-state index in [0.717, 1.165) is 37.4 Å². The number of fused-ring (bicyclic) bond motifs is 1. The first kappa shape index (κ1) is 26.2. The minimum atomic E-state index is -1.44. The Balaban J connectivity index is 0.00000324. The number of hydrogen-bond donors (Lipinski definition) is 1. The van der Waals surface area contributed by atoms with Gasteiger partial charge in [-0.2, -0.15) is 8.75 Å². The number of carboxylic acid groups (broad SMARTS) is 1. The number of aromatic nitrogens is 2. The van der Waals surface area contributed by atoms with Gasteiger partial charge in [0.25, 0.3) is 0 Å². The molecule has 0 amide bonds. The van der Waals surface area contributed by atoms with E-state index in [9.17, 15) is 19.8 Å². The Kier molecular flexibility index (Phi) is 8.70. The van der Waals surface area contributed by atoms with Gasteiger partial charge in [0.05, 0.1) is 31.9 Å². The Labute approximate surface area is 223 Å². The number of benzene rings is 2. The number of aliphatic carboxylic acids is 1. The third-order valence-corrected chi connectivity index (χ3v) is 6.57. The van der Waals surface area contributed by atoms with Gasteiger partial charge in [-0.3, -0.25) is 4.79 Å². The zero-order valence-electron chi connectivity index (χ0n) is 19.3. The van der Waals surface area contributed by atoms with Gasteiger partial charge in [-0.05, 0) is 42.2 Å². The minimum Gasteiger partial charge on any atom is -0.545 e. The molecule has 0 saturated heterocycles. The molecular formula is C24H23N2NaO6S. The van der Waals surface area contributed by atoms with Crippen LogP contribution in [-0.2, 0) is 4.79 Å². The average Bonchev–Trinajstić information content (AvgIpc) is 3.48. The number of ketones is 1. The van der Waals surface area contributed by atoms with E-state index in [2.05, 4.69) is 8.75 Å². The van der Waals surface area contributed by atoms with E-state index in [-0.39, 0.29) is 69.4 Å². The van der Waals surface area contributed by atoms with Crippen LogP contribution in [0.5, 0.6) is 17.2 Å². The number of Topliss-reactive ketones (excluding diaryl/α,β-unsaturated/α-hetero) is 1. The van der Waals surface area contributed by atoms with E-state index in [0.29, 0.717) is 23.0 Å². The molecule has 0 radical (unpaired) electrons. The van der Waals surface area contributed by atoms with Crippen LogP contribution >= 0.6 is 11.7 Å². The molecule has 3 aromatic rings. The number of carbonyl (C=O) groups excluding carboxylic acids is 2. The molecule has 0 spiro atoms. The molecule has 0 atom stereocenters. The summed E-state index contributed by atoms with van der Waals surface area (Å²) in [5.41, 5.74) is 1.60. The number of phenolic OH excluding ortho intramolecular Hbond substituents is 1. The molecule has 8 nitrogen and oxygen atoms in total. The topological polar surface area (TPSA) is 122 Å². The third kappa shape index (κ3) is 5.27. The SMILES string of the molecule is COc1cc(C(=O)C(CC2CCCC2)=C(C(=O)[O-])c2ccc3nsnc3c2)cc(O)c1OC.[Na+]. The van der Waals surface area contributed by atoms with Crippen molar-refractivity contribution in [3.8, 4) is 17.2 Å². The smallest absolute Gasteiger partial charge is 0.545 e. The van der Waals surface area contributed by atoms with Crippen molar-refractivity contribution in [2.75, 3.05) is 14.2 Å². The summed E-state index contributed by atoms with van der Waals surface area (Å²) >= 11 is 1.03. The fraction of sp³-hybridized carbons (Fsp3) is 0.333. The second-order valence-electron chi connectivity index (χ2n) is 8.02. The summed E-state index contributed by atoms with van der Waals surface area (Å²) in [6.07, 6.45) is 4.22. The van der Waals surface area contributed by atoms with Crippen LogP contribution in [0.1, 0.15) is 48.0 Å². The monoisotopic (exact) mass is 490 g/mol. The van der Waals surface area contributed by atoms with Gasteiger partial charge in [0.15, 0.2) is 17.3 Å². The summed E-state index contributed by atoms with van der Waals surface area (Å²) < 4.78 is 18.7. The molecule has 34 heavy (non-hydrogen) atoms. The van der Waals surface area contributed by atoms with Gasteiger partial charge >= 0.3 is 29.6 Å². The molecule has 1 aliphatic carbocycles. The maximum Gasteiger partial charge on any atom is 1.00 e. The van der Waals surface area contributed by atoms with E-state index < -0.39 is 11.8 Å². The second kappa shape index (κ2) is 11.3. The van der Waals surface area contributed by atoms with E-state index in [1.807, 2.05) is 0 Å². The number of methoxy groups -OCH3 is 2. The molecule has 0 bridgehead atoms. The standard InChI is InChI=1S/C24H24N2O6S.Na/c1-31-20-12-15(11-19(27)23(20)32-2)22(28)16(9-13-5-3-4-6-13)21(24(29)30)14-7-8-17-18(10-14)26-33-25-17;/h7-8,10-13,27H,3-6,9H2,1-2H3,(H,29,30);/q;+1/p-1. The number of rotatable bonds is 8. The molecular weight excluding hydrogens is 467 g/mol. The Hall–Kier alpha value is -2.46. The third-order valence-electron chi connectivity index (χ3n) is 6.01. The molecule has 172 valence electrons. The number of hydrogen-bond acceptors (Lipinski definition) is 9. The van der Waals surface area contributed by atoms with Crippen LogP contribution in [0.25, 0.3) is 16.6 Å². The van der Waals surface area contributed by atoms with Gasteiger partial charge < -0.3 is 24.5 Å². The fourth-order valence-corrected chi connectivity index (χ4v) is 4.93. The second-order valence-corrected chi connectivity index (χ2v) is 8.55. The molecule has 1 saturated carbocycles. The molecule has 1 aliphatic rings. The predicted molar refractivity (Wildman–Crippen MR) is 121 cm³/mol. The van der Waals surface area contributed by atoms with Crippen LogP contribution in [0.2, 0.25) is 0 Å². The molecule has 1 fully saturated rings. The minimum absolute atomic E-state index is 0. The van der Waals surface area contributed by atoms with E-state index >= 15 is 0 Å². The Morgan fingerprint density at radius 3 is 2.41 bits per heavy atom. The average molecular weight is 491 g/mol. The maximum absolute atomic E-state index is 13.7. The van der Waals surface area contributed by atoms with Crippen molar-refractivity contribution < 1.29 is 58.8 Å². The van der Waals surface area contributed by atoms with Gasteiger partial charge in [0.2, 0.25) is 5.75 Å². The van der Waals surface area contributed by atoms with Crippen LogP contribution < -0.4 is 44.1 Å². The van der Waals surface area contributed by atoms with Crippen LogP contribution in [0.15, 0.2) is 35.9 Å². The van der Waals surface area contributed by atoms with E-state index in [1.165, 1.54) is 26.4 Å². The number of aromatic hydroxyl groups is 1. The van der Waals surface area contributed by atoms with Crippen molar-refractivity contribution in [3.05, 3.63) is 47.0 Å². The number of phenols is 1. The van der Waals surface area contributed by atoms with E-state index in [1.54, 1.807) is 18.2 Å². The van der Waals surface area contributed by atoms with Gasteiger partial charge in [-0.1, -0.05) is 31.7 Å². The maximum atomic E-state index is 13.7. The van der Waals surface area contributed by atoms with Crippen LogP contribution in [0.4, 0.5) is 0 Å². The van der Waals surface area contributed by atoms with Gasteiger partial charge in [0, 0.05) is 16.7 Å². The predicted octanol–water partition coefficient (Wildman–Crippen LogP) is 0.385. The van der Waals surface area contributed by atoms with Crippen molar-refractivity contribution in [2.45, 2.75) is 32.1 Å². The molecule has 4 rings (SSSR count). The summed E-state index contributed by atoms with van der Waals surface area (Å²) in [6.45, 7) is 0. The summed E-state index contributed by atoms with van der Waals surface area (Å²) in [6, 6.07) is 7.60. The number of carboxylic acids is 1. The molecule has 1 aromatic heterocycles.